The van der Waals surface area contributed by atoms with Gasteiger partial charge in [0.25, 0.3) is 0 Å². The van der Waals surface area contributed by atoms with Crippen molar-refractivity contribution < 1.29 is 9.59 Å². The van der Waals surface area contributed by atoms with Crippen LogP contribution in [0.2, 0.25) is 0 Å². The number of amides is 3. The van der Waals surface area contributed by atoms with Crippen LogP contribution in [0.3, 0.4) is 0 Å². The molecule has 0 spiro atoms. The first-order valence-corrected chi connectivity index (χ1v) is 5.85. The molecule has 0 bridgehead atoms. The number of urea groups is 1. The first-order chi connectivity index (χ1) is 7.45. The number of likely N-dealkylation sites (N-methyl/N-ethyl adjacent to an activating group) is 1. The second-order valence-corrected chi connectivity index (χ2v) is 4.52. The molecule has 16 heavy (non-hydrogen) atoms. The molecule has 2 unspecified atom stereocenters. The highest BCUT2D eigenvalue weighted by Crippen LogP contribution is 2.12. The number of nitrogens with zero attached hydrogens (tertiary/aromatic N) is 2. The monoisotopic (exact) mass is 247 g/mol. The summed E-state index contributed by atoms with van der Waals surface area (Å²) in [5.41, 5.74) is 0. The van der Waals surface area contributed by atoms with Crippen molar-refractivity contribution in [3.8, 4) is 0 Å². The molecule has 1 aliphatic rings. The Hall–Kier alpha value is -0.810. The molecule has 1 saturated heterocycles. The van der Waals surface area contributed by atoms with Gasteiger partial charge in [-0.1, -0.05) is 0 Å². The lowest BCUT2D eigenvalue weighted by Crippen LogP contribution is -2.58. The highest BCUT2D eigenvalue weighted by Gasteiger charge is 2.29. The Morgan fingerprint density at radius 2 is 1.81 bits per heavy atom. The number of hydrogen-bond donors (Lipinski definition) is 1. The van der Waals surface area contributed by atoms with Crippen LogP contribution in [-0.4, -0.2) is 59.8 Å². The Morgan fingerprint density at radius 1 is 1.31 bits per heavy atom. The van der Waals surface area contributed by atoms with E-state index in [2.05, 4.69) is 24.1 Å². The fraction of sp³-hybridized carbons (Fsp3) is 0.800. The lowest BCUT2D eigenvalue weighted by atomic mass is 10.1. The molecule has 0 aromatic heterocycles. The van der Waals surface area contributed by atoms with Crippen LogP contribution >= 0.6 is 11.6 Å². The molecule has 2 atom stereocenters. The minimum Gasteiger partial charge on any atom is -0.321 e. The zero-order valence-electron chi connectivity index (χ0n) is 9.86. The van der Waals surface area contributed by atoms with E-state index < -0.39 is 5.91 Å². The summed E-state index contributed by atoms with van der Waals surface area (Å²) in [6.45, 7) is 5.36. The van der Waals surface area contributed by atoms with Gasteiger partial charge in [0.2, 0.25) is 5.91 Å². The van der Waals surface area contributed by atoms with Crippen molar-refractivity contribution in [1.29, 1.82) is 0 Å². The molecular weight excluding hydrogens is 230 g/mol. The van der Waals surface area contributed by atoms with Crippen LogP contribution in [0, 0.1) is 0 Å². The zero-order valence-corrected chi connectivity index (χ0v) is 10.6. The second kappa shape index (κ2) is 5.50. The van der Waals surface area contributed by atoms with Crippen LogP contribution in [0.25, 0.3) is 0 Å². The minimum atomic E-state index is -0.453. The SMILES string of the molecule is CC1CN(C(=O)NC(=O)CCl)CC(C)N1C. The smallest absolute Gasteiger partial charge is 0.321 e. The van der Waals surface area contributed by atoms with Gasteiger partial charge in [0.15, 0.2) is 0 Å². The average molecular weight is 248 g/mol. The lowest BCUT2D eigenvalue weighted by molar-refractivity contribution is -0.117. The summed E-state index contributed by atoms with van der Waals surface area (Å²) in [6, 6.07) is 0.235. The van der Waals surface area contributed by atoms with Crippen molar-refractivity contribution in [1.82, 2.24) is 15.1 Å². The summed E-state index contributed by atoms with van der Waals surface area (Å²) < 4.78 is 0. The molecule has 1 N–H and O–H groups in total. The molecule has 1 fully saturated rings. The molecule has 0 radical (unpaired) electrons. The third-order valence-corrected chi connectivity index (χ3v) is 3.26. The molecule has 92 valence electrons. The maximum atomic E-state index is 11.7. The van der Waals surface area contributed by atoms with Gasteiger partial charge < -0.3 is 4.90 Å². The van der Waals surface area contributed by atoms with Gasteiger partial charge in [-0.15, -0.1) is 11.6 Å². The van der Waals surface area contributed by atoms with E-state index in [0.29, 0.717) is 25.2 Å². The Morgan fingerprint density at radius 3 is 2.25 bits per heavy atom. The highest BCUT2D eigenvalue weighted by atomic mass is 35.5. The molecule has 0 saturated carbocycles. The van der Waals surface area contributed by atoms with Crippen LogP contribution in [0.15, 0.2) is 0 Å². The molecule has 0 aromatic carbocycles. The van der Waals surface area contributed by atoms with E-state index in [9.17, 15) is 9.59 Å². The number of imide groups is 1. The molecule has 1 rings (SSSR count). The molecule has 6 heteroatoms. The van der Waals surface area contributed by atoms with Gasteiger partial charge in [0.1, 0.15) is 5.88 Å². The van der Waals surface area contributed by atoms with E-state index in [4.69, 9.17) is 11.6 Å². The van der Waals surface area contributed by atoms with Gasteiger partial charge in [0.05, 0.1) is 0 Å². The zero-order chi connectivity index (χ0) is 12.3. The Kier molecular flexibility index (Phi) is 4.56. The third-order valence-electron chi connectivity index (χ3n) is 3.01. The van der Waals surface area contributed by atoms with Gasteiger partial charge >= 0.3 is 6.03 Å². The first-order valence-electron chi connectivity index (χ1n) is 5.32. The average Bonchev–Trinajstić information content (AvgIpc) is 2.24. The molecule has 5 nitrogen and oxygen atoms in total. The van der Waals surface area contributed by atoms with Crippen LogP contribution < -0.4 is 5.32 Å². The van der Waals surface area contributed by atoms with Gasteiger partial charge in [-0.25, -0.2) is 4.79 Å². The van der Waals surface area contributed by atoms with E-state index >= 15 is 0 Å². The van der Waals surface area contributed by atoms with Crippen molar-refractivity contribution in [2.45, 2.75) is 25.9 Å². The Balaban J connectivity index is 2.55. The quantitative estimate of drug-likeness (QED) is 0.686. The van der Waals surface area contributed by atoms with Gasteiger partial charge in [-0.2, -0.15) is 0 Å². The first kappa shape index (κ1) is 13.3. The van der Waals surface area contributed by atoms with E-state index in [1.54, 1.807) is 4.90 Å². The fourth-order valence-corrected chi connectivity index (χ4v) is 1.87. The summed E-state index contributed by atoms with van der Waals surface area (Å²) in [5.74, 6) is -0.643. The number of nitrogens with one attached hydrogen (secondary N) is 1. The maximum absolute atomic E-state index is 11.7. The van der Waals surface area contributed by atoms with Crippen LogP contribution in [0.4, 0.5) is 4.79 Å². The van der Waals surface area contributed by atoms with E-state index in [1.165, 1.54) is 0 Å². The number of piperazine rings is 1. The third kappa shape index (κ3) is 3.09. The van der Waals surface area contributed by atoms with Crippen LogP contribution in [-0.2, 0) is 4.79 Å². The van der Waals surface area contributed by atoms with Crippen molar-refractivity contribution in [3.05, 3.63) is 0 Å². The number of hydrogen-bond acceptors (Lipinski definition) is 3. The molecule has 1 aliphatic heterocycles. The van der Waals surface area contributed by atoms with Crippen molar-refractivity contribution in [2.24, 2.45) is 0 Å². The second-order valence-electron chi connectivity index (χ2n) is 4.26. The predicted molar refractivity (Wildman–Crippen MR) is 62.5 cm³/mol. The largest absolute Gasteiger partial charge is 0.324 e. The number of halogens is 1. The standard InChI is InChI=1S/C10H18ClN3O2/c1-7-5-14(6-8(2)13(7)3)10(16)12-9(15)4-11/h7-8H,4-6H2,1-3H3,(H,12,15,16). The predicted octanol–water partition coefficient (Wildman–Crippen LogP) is 0.486. The minimum absolute atomic E-state index is 0.190. The highest BCUT2D eigenvalue weighted by molar-refractivity contribution is 6.28. The van der Waals surface area contributed by atoms with Crippen molar-refractivity contribution >= 4 is 23.5 Å². The maximum Gasteiger partial charge on any atom is 0.324 e. The summed E-state index contributed by atoms with van der Waals surface area (Å²) in [4.78, 5) is 26.5. The van der Waals surface area contributed by atoms with Crippen molar-refractivity contribution in [2.75, 3.05) is 26.0 Å². The van der Waals surface area contributed by atoms with E-state index in [-0.39, 0.29) is 11.9 Å². The molecule has 0 aliphatic carbocycles. The summed E-state index contributed by atoms with van der Waals surface area (Å²) in [5, 5.41) is 2.25. The van der Waals surface area contributed by atoms with Gasteiger partial charge in [0, 0.05) is 25.2 Å². The van der Waals surface area contributed by atoms with Crippen LogP contribution in [0.5, 0.6) is 0 Å². The summed E-state index contributed by atoms with van der Waals surface area (Å²) in [7, 11) is 2.04. The molecule has 1 heterocycles. The topological polar surface area (TPSA) is 52.7 Å². The molecule has 0 aromatic rings. The summed E-state index contributed by atoms with van der Waals surface area (Å²) in [6.07, 6.45) is 0. The molecule has 3 amide bonds. The van der Waals surface area contributed by atoms with E-state index in [1.807, 2.05) is 7.05 Å². The lowest BCUT2D eigenvalue weighted by Gasteiger charge is -2.42. The Labute approximate surface area is 101 Å². The number of carbonyl (C=O) groups excluding carboxylic acids is 2. The fourth-order valence-electron chi connectivity index (χ4n) is 1.80. The summed E-state index contributed by atoms with van der Waals surface area (Å²) >= 11 is 5.32. The van der Waals surface area contributed by atoms with Crippen LogP contribution in [0.1, 0.15) is 13.8 Å². The van der Waals surface area contributed by atoms with Gasteiger partial charge in [-0.05, 0) is 20.9 Å². The number of carbonyl (C=O) groups is 2. The number of rotatable bonds is 1. The van der Waals surface area contributed by atoms with Crippen molar-refractivity contribution in [3.63, 3.8) is 0 Å². The number of alkyl halides is 1. The normalized spacial score (nSPS) is 26.6. The van der Waals surface area contributed by atoms with Gasteiger partial charge in [-0.3, -0.25) is 15.0 Å². The van der Waals surface area contributed by atoms with E-state index in [0.717, 1.165) is 0 Å². The molecular formula is C10H18ClN3O2. The Bertz CT molecular complexity index is 273.